The predicted molar refractivity (Wildman–Crippen MR) is 125 cm³/mol. The van der Waals surface area contributed by atoms with Crippen LogP contribution in [0, 0.1) is 0 Å². The summed E-state index contributed by atoms with van der Waals surface area (Å²) in [4.78, 5) is 24.6. The topological polar surface area (TPSA) is 77.0 Å². The Morgan fingerprint density at radius 3 is 2.50 bits per heavy atom. The van der Waals surface area contributed by atoms with Crippen molar-refractivity contribution in [2.45, 2.75) is 13.3 Å². The molecule has 0 aliphatic rings. The Labute approximate surface area is 195 Å². The third kappa shape index (κ3) is 6.57. The minimum absolute atomic E-state index is 0.202. The van der Waals surface area contributed by atoms with E-state index in [0.717, 1.165) is 6.42 Å². The number of halogens is 2. The van der Waals surface area contributed by atoms with E-state index < -0.39 is 5.97 Å². The lowest BCUT2D eigenvalue weighted by molar-refractivity contribution is 0.0734. The SMILES string of the molecule is CCCOc1ccc(C(=O)N/N=C\c2cccc(OC(=O)c3ccc(Cl)cc3Cl)c2)cc1. The number of rotatable bonds is 8. The first-order chi connectivity index (χ1) is 15.5. The molecule has 0 radical (unpaired) electrons. The normalized spacial score (nSPS) is 10.7. The standard InChI is InChI=1S/C24H20Cl2N2O4/c1-2-12-31-19-9-6-17(7-10-19)23(29)28-27-15-16-4-3-5-20(13-16)32-24(30)21-11-8-18(25)14-22(21)26/h3-11,13-15H,2,12H2,1H3,(H,28,29)/b27-15-. The summed E-state index contributed by atoms with van der Waals surface area (Å²) >= 11 is 11.9. The summed E-state index contributed by atoms with van der Waals surface area (Å²) in [6.07, 6.45) is 2.36. The van der Waals surface area contributed by atoms with E-state index in [9.17, 15) is 9.59 Å². The van der Waals surface area contributed by atoms with E-state index in [1.807, 2.05) is 6.92 Å². The summed E-state index contributed by atoms with van der Waals surface area (Å²) in [6.45, 7) is 2.64. The molecule has 1 N–H and O–H groups in total. The fourth-order valence-electron chi connectivity index (χ4n) is 2.63. The van der Waals surface area contributed by atoms with Gasteiger partial charge in [-0.05, 0) is 66.6 Å². The lowest BCUT2D eigenvalue weighted by Gasteiger charge is -2.07. The van der Waals surface area contributed by atoms with Gasteiger partial charge in [-0.25, -0.2) is 10.2 Å². The summed E-state index contributed by atoms with van der Waals surface area (Å²) in [5, 5.41) is 4.59. The van der Waals surface area contributed by atoms with Crippen LogP contribution >= 0.6 is 23.2 Å². The molecule has 0 atom stereocenters. The molecule has 0 unspecified atom stereocenters. The van der Waals surface area contributed by atoms with Crippen molar-refractivity contribution in [2.75, 3.05) is 6.61 Å². The van der Waals surface area contributed by atoms with Crippen molar-refractivity contribution in [2.24, 2.45) is 5.10 Å². The van der Waals surface area contributed by atoms with Gasteiger partial charge in [-0.15, -0.1) is 0 Å². The van der Waals surface area contributed by atoms with Gasteiger partial charge in [0.15, 0.2) is 0 Å². The van der Waals surface area contributed by atoms with E-state index in [1.165, 1.54) is 18.3 Å². The molecule has 0 bridgehead atoms. The third-order valence-electron chi connectivity index (χ3n) is 4.19. The molecule has 0 saturated heterocycles. The van der Waals surface area contributed by atoms with E-state index in [0.29, 0.717) is 34.3 Å². The number of ether oxygens (including phenoxy) is 2. The number of hydrogen-bond donors (Lipinski definition) is 1. The summed E-state index contributed by atoms with van der Waals surface area (Å²) in [6, 6.07) is 18.0. The second kappa shape index (κ2) is 11.3. The second-order valence-electron chi connectivity index (χ2n) is 6.66. The van der Waals surface area contributed by atoms with E-state index in [4.69, 9.17) is 32.7 Å². The molecule has 0 saturated carbocycles. The van der Waals surface area contributed by atoms with Gasteiger partial charge in [0.2, 0.25) is 0 Å². The lowest BCUT2D eigenvalue weighted by atomic mass is 10.2. The highest BCUT2D eigenvalue weighted by atomic mass is 35.5. The molecule has 164 valence electrons. The van der Waals surface area contributed by atoms with E-state index in [2.05, 4.69) is 10.5 Å². The molecular weight excluding hydrogens is 451 g/mol. The fraction of sp³-hybridized carbons (Fsp3) is 0.125. The van der Waals surface area contributed by atoms with Crippen LogP contribution in [0.1, 0.15) is 39.6 Å². The van der Waals surface area contributed by atoms with Gasteiger partial charge in [0, 0.05) is 10.6 Å². The number of hydrazone groups is 1. The van der Waals surface area contributed by atoms with Crippen LogP contribution in [0.5, 0.6) is 11.5 Å². The van der Waals surface area contributed by atoms with Crippen LogP contribution in [0.3, 0.4) is 0 Å². The summed E-state index contributed by atoms with van der Waals surface area (Å²) in [7, 11) is 0. The molecule has 0 fully saturated rings. The molecule has 8 heteroatoms. The number of esters is 1. The number of benzene rings is 3. The zero-order valence-electron chi connectivity index (χ0n) is 17.2. The van der Waals surface area contributed by atoms with Crippen molar-refractivity contribution in [3.8, 4) is 11.5 Å². The molecule has 0 spiro atoms. The van der Waals surface area contributed by atoms with Gasteiger partial charge in [0.25, 0.3) is 5.91 Å². The molecular formula is C24H20Cl2N2O4. The molecule has 3 aromatic carbocycles. The molecule has 3 rings (SSSR count). The van der Waals surface area contributed by atoms with Crippen LogP contribution in [0.4, 0.5) is 0 Å². The van der Waals surface area contributed by atoms with Crippen LogP contribution < -0.4 is 14.9 Å². The highest BCUT2D eigenvalue weighted by Crippen LogP contribution is 2.23. The number of nitrogens with one attached hydrogen (secondary N) is 1. The van der Waals surface area contributed by atoms with Crippen molar-refractivity contribution in [1.29, 1.82) is 0 Å². The fourth-order valence-corrected chi connectivity index (χ4v) is 3.11. The van der Waals surface area contributed by atoms with E-state index in [1.54, 1.807) is 54.6 Å². The van der Waals surface area contributed by atoms with Crippen LogP contribution in [-0.4, -0.2) is 24.7 Å². The quantitative estimate of drug-likeness (QED) is 0.196. The monoisotopic (exact) mass is 470 g/mol. The van der Waals surface area contributed by atoms with Gasteiger partial charge >= 0.3 is 5.97 Å². The minimum Gasteiger partial charge on any atom is -0.494 e. The van der Waals surface area contributed by atoms with Gasteiger partial charge < -0.3 is 9.47 Å². The summed E-state index contributed by atoms with van der Waals surface area (Å²) in [5.41, 5.74) is 3.74. The first kappa shape index (κ1) is 23.3. The maximum atomic E-state index is 12.4. The Morgan fingerprint density at radius 2 is 1.78 bits per heavy atom. The molecule has 32 heavy (non-hydrogen) atoms. The van der Waals surface area contributed by atoms with Gasteiger partial charge in [0.05, 0.1) is 23.4 Å². The lowest BCUT2D eigenvalue weighted by Crippen LogP contribution is -2.17. The minimum atomic E-state index is -0.611. The molecule has 6 nitrogen and oxygen atoms in total. The highest BCUT2D eigenvalue weighted by Gasteiger charge is 2.13. The highest BCUT2D eigenvalue weighted by molar-refractivity contribution is 6.36. The zero-order valence-corrected chi connectivity index (χ0v) is 18.7. The smallest absolute Gasteiger partial charge is 0.345 e. The maximum Gasteiger partial charge on any atom is 0.345 e. The summed E-state index contributed by atoms with van der Waals surface area (Å²) in [5.74, 6) is 0.0424. The number of carbonyl (C=O) groups is 2. The Bertz CT molecular complexity index is 1130. The van der Waals surface area contributed by atoms with E-state index >= 15 is 0 Å². The molecule has 1 amide bonds. The average molecular weight is 471 g/mol. The van der Waals surface area contributed by atoms with Crippen LogP contribution in [0.15, 0.2) is 71.8 Å². The molecule has 0 aromatic heterocycles. The van der Waals surface area contributed by atoms with Crippen LogP contribution in [0.2, 0.25) is 10.0 Å². The summed E-state index contributed by atoms with van der Waals surface area (Å²) < 4.78 is 10.9. The zero-order chi connectivity index (χ0) is 22.9. The van der Waals surface area contributed by atoms with Crippen molar-refractivity contribution in [3.05, 3.63) is 93.5 Å². The average Bonchev–Trinajstić information content (AvgIpc) is 2.78. The second-order valence-corrected chi connectivity index (χ2v) is 7.50. The number of carbonyl (C=O) groups excluding carboxylic acids is 2. The van der Waals surface area contributed by atoms with E-state index in [-0.39, 0.29) is 16.5 Å². The van der Waals surface area contributed by atoms with Gasteiger partial charge in [-0.2, -0.15) is 5.10 Å². The Balaban J connectivity index is 1.59. The Kier molecular flexibility index (Phi) is 8.25. The molecule has 0 heterocycles. The number of hydrogen-bond acceptors (Lipinski definition) is 5. The molecule has 3 aromatic rings. The molecule has 0 aliphatic heterocycles. The molecule has 0 aliphatic carbocycles. The number of amides is 1. The van der Waals surface area contributed by atoms with Crippen molar-refractivity contribution in [1.82, 2.24) is 5.43 Å². The van der Waals surface area contributed by atoms with Crippen molar-refractivity contribution < 1.29 is 19.1 Å². The maximum absolute atomic E-state index is 12.4. The first-order valence-electron chi connectivity index (χ1n) is 9.80. The van der Waals surface area contributed by atoms with Crippen molar-refractivity contribution >= 4 is 41.3 Å². The largest absolute Gasteiger partial charge is 0.494 e. The van der Waals surface area contributed by atoms with Crippen molar-refractivity contribution in [3.63, 3.8) is 0 Å². The van der Waals surface area contributed by atoms with Gasteiger partial charge in [-0.1, -0.05) is 42.3 Å². The Hall–Kier alpha value is -3.35. The Morgan fingerprint density at radius 1 is 1.00 bits per heavy atom. The first-order valence-corrected chi connectivity index (χ1v) is 10.6. The predicted octanol–water partition coefficient (Wildman–Crippen LogP) is 5.77. The van der Waals surface area contributed by atoms with Crippen LogP contribution in [0.25, 0.3) is 0 Å². The van der Waals surface area contributed by atoms with Gasteiger partial charge in [0.1, 0.15) is 11.5 Å². The third-order valence-corrected chi connectivity index (χ3v) is 4.74. The van der Waals surface area contributed by atoms with Gasteiger partial charge in [-0.3, -0.25) is 4.79 Å². The van der Waals surface area contributed by atoms with Crippen LogP contribution in [-0.2, 0) is 0 Å². The number of nitrogens with zero attached hydrogens (tertiary/aromatic N) is 1.